The minimum absolute atomic E-state index is 0.400. The molecule has 0 aliphatic heterocycles. The molecule has 0 radical (unpaired) electrons. The van der Waals surface area contributed by atoms with Gasteiger partial charge in [0.05, 0.1) is 28.2 Å². The summed E-state index contributed by atoms with van der Waals surface area (Å²) >= 11 is 4.99. The lowest BCUT2D eigenvalue weighted by Gasteiger charge is -2.19. The Morgan fingerprint density at radius 3 is 2.73 bits per heavy atom. The topological polar surface area (TPSA) is 120 Å². The summed E-state index contributed by atoms with van der Waals surface area (Å²) in [5, 5.41) is 11.3. The van der Waals surface area contributed by atoms with Crippen molar-refractivity contribution >= 4 is 65.2 Å². The smallest absolute Gasteiger partial charge is 0.407 e. The Hall–Kier alpha value is -2.68. The number of anilines is 1. The molecule has 0 unspecified atom stereocenters. The highest BCUT2D eigenvalue weighted by Crippen LogP contribution is 2.23. The van der Waals surface area contributed by atoms with Crippen molar-refractivity contribution in [2.75, 3.05) is 24.7 Å². The average molecular weight is 650 g/mol. The van der Waals surface area contributed by atoms with E-state index in [0.717, 1.165) is 39.5 Å². The summed E-state index contributed by atoms with van der Waals surface area (Å²) < 4.78 is 16.0. The maximum absolute atomic E-state index is 12.0. The van der Waals surface area contributed by atoms with Gasteiger partial charge in [0.2, 0.25) is 5.95 Å². The van der Waals surface area contributed by atoms with Crippen molar-refractivity contribution in [1.82, 2.24) is 34.4 Å². The van der Waals surface area contributed by atoms with E-state index in [9.17, 15) is 4.79 Å². The molecule has 3 aromatic heterocycles. The number of nitrogens with zero attached hydrogens (tertiary/aromatic N) is 6. The lowest BCUT2D eigenvalue weighted by molar-refractivity contribution is 0.0528. The number of fused-ring (bicyclic) bond motifs is 2. The predicted octanol–water partition coefficient (Wildman–Crippen LogP) is 5.10. The molecule has 0 bridgehead atoms. The van der Waals surface area contributed by atoms with E-state index in [0.29, 0.717) is 43.0 Å². The Morgan fingerprint density at radius 1 is 1.20 bits per heavy atom. The molecule has 1 aromatic carbocycles. The third-order valence-corrected chi connectivity index (χ3v) is 8.42. The number of imidazole rings is 1. The summed E-state index contributed by atoms with van der Waals surface area (Å²) in [5.74, 6) is 1.41. The van der Waals surface area contributed by atoms with Crippen LogP contribution >= 0.6 is 27.7 Å². The molecule has 3 heterocycles. The Morgan fingerprint density at radius 2 is 2.00 bits per heavy atom. The summed E-state index contributed by atoms with van der Waals surface area (Å²) in [4.78, 5) is 26.1. The molecule has 2 N–H and O–H groups in total. The van der Waals surface area contributed by atoms with E-state index in [1.54, 1.807) is 10.7 Å². The normalized spacial score (nSPS) is 12.0. The van der Waals surface area contributed by atoms with E-state index in [-0.39, 0.29) is 0 Å². The first-order valence-corrected chi connectivity index (χ1v) is 18.4. The van der Waals surface area contributed by atoms with Crippen LogP contribution in [0.25, 0.3) is 16.7 Å². The van der Waals surface area contributed by atoms with Gasteiger partial charge in [-0.1, -0.05) is 30.9 Å². The van der Waals surface area contributed by atoms with E-state index in [1.807, 2.05) is 39.2 Å². The average Bonchev–Trinajstić information content (AvgIpc) is 3.43. The number of rotatable bonds is 12. The molecule has 40 heavy (non-hydrogen) atoms. The van der Waals surface area contributed by atoms with Gasteiger partial charge in [-0.05, 0) is 73.1 Å². The van der Waals surface area contributed by atoms with Crippen molar-refractivity contribution in [2.24, 2.45) is 0 Å². The van der Waals surface area contributed by atoms with E-state index in [2.05, 4.69) is 65.4 Å². The van der Waals surface area contributed by atoms with E-state index < -0.39 is 20.5 Å². The highest BCUT2D eigenvalue weighted by atomic mass is 79.9. The van der Waals surface area contributed by atoms with Crippen molar-refractivity contribution < 1.29 is 14.3 Å². The van der Waals surface area contributed by atoms with Crippen LogP contribution in [0.5, 0.6) is 0 Å². The molecule has 0 saturated heterocycles. The number of ether oxygens (including phenoxy) is 2. The Kier molecular flexibility index (Phi) is 10.1. The van der Waals surface area contributed by atoms with Crippen LogP contribution in [0.15, 0.2) is 34.0 Å². The molecule has 0 aliphatic carbocycles. The van der Waals surface area contributed by atoms with Crippen LogP contribution in [0, 0.1) is 0 Å². The number of thioether (sulfide) groups is 1. The van der Waals surface area contributed by atoms with E-state index >= 15 is 0 Å². The Balaban J connectivity index is 1.55. The van der Waals surface area contributed by atoms with Crippen LogP contribution in [-0.2, 0) is 29.2 Å². The first kappa shape index (κ1) is 30.3. The Bertz CT molecular complexity index is 1470. The fourth-order valence-corrected chi connectivity index (χ4v) is 5.29. The minimum atomic E-state index is -0.708. The largest absolute Gasteiger partial charge is 0.444 e. The van der Waals surface area contributed by atoms with E-state index in [4.69, 9.17) is 14.5 Å². The number of amides is 1. The number of hydrogen-bond acceptors (Lipinski definition) is 9. The van der Waals surface area contributed by atoms with Crippen LogP contribution in [-0.4, -0.2) is 69.0 Å². The molecule has 0 saturated carbocycles. The fourth-order valence-electron chi connectivity index (χ4n) is 3.95. The predicted molar refractivity (Wildman–Crippen MR) is 165 cm³/mol. The van der Waals surface area contributed by atoms with Gasteiger partial charge < -0.3 is 24.7 Å². The van der Waals surface area contributed by atoms with Crippen LogP contribution in [0.1, 0.15) is 32.2 Å². The number of aromatic nitrogens is 6. The maximum atomic E-state index is 12.0. The van der Waals surface area contributed by atoms with Gasteiger partial charge in [-0.25, -0.2) is 14.8 Å². The van der Waals surface area contributed by atoms with Crippen molar-refractivity contribution in [1.29, 1.82) is 0 Å². The Labute approximate surface area is 248 Å². The van der Waals surface area contributed by atoms with Crippen molar-refractivity contribution in [3.05, 3.63) is 40.3 Å². The molecular weight excluding hydrogens is 612 g/mol. The standard InChI is InChI=1S/C26H37BrN8O3SSi/c1-26(2,3)38-25(36)28-10-9-17-7-8-19-20(13-17)34(16-37-11-12-40(5)6)21(31-19)15-29-23-33-24(39-4)32-22-18(27)14-30-35(22)23/h7-8,13-14,40H,9-12,15-16H2,1-6H3,(H,28,36)(H,29,32,33). The molecule has 4 aromatic rings. The molecule has 4 rings (SSSR count). The number of nitrogens with one attached hydrogen (secondary N) is 2. The molecular formula is C26H37BrN8O3SSi. The monoisotopic (exact) mass is 648 g/mol. The van der Waals surface area contributed by atoms with Crippen LogP contribution in [0.2, 0.25) is 19.1 Å². The summed E-state index contributed by atoms with van der Waals surface area (Å²) in [5.41, 5.74) is 3.11. The summed E-state index contributed by atoms with van der Waals surface area (Å²) in [6, 6.07) is 7.28. The number of carbonyl (C=O) groups is 1. The molecule has 216 valence electrons. The van der Waals surface area contributed by atoms with Crippen molar-refractivity contribution in [3.8, 4) is 0 Å². The van der Waals surface area contributed by atoms with Gasteiger partial charge in [0.25, 0.3) is 0 Å². The quantitative estimate of drug-likeness (QED) is 0.123. The van der Waals surface area contributed by atoms with Gasteiger partial charge in [0.15, 0.2) is 10.8 Å². The zero-order valence-corrected chi connectivity index (χ0v) is 27.4. The highest BCUT2D eigenvalue weighted by molar-refractivity contribution is 9.10. The third-order valence-electron chi connectivity index (χ3n) is 5.93. The number of halogens is 1. The van der Waals surface area contributed by atoms with Crippen LogP contribution in [0.4, 0.5) is 10.7 Å². The number of hydrogen-bond donors (Lipinski definition) is 2. The summed E-state index contributed by atoms with van der Waals surface area (Å²) in [7, 11) is -0.708. The molecule has 0 fully saturated rings. The molecule has 0 spiro atoms. The maximum Gasteiger partial charge on any atom is 0.407 e. The van der Waals surface area contributed by atoms with E-state index in [1.165, 1.54) is 11.8 Å². The van der Waals surface area contributed by atoms with Crippen molar-refractivity contribution in [3.63, 3.8) is 0 Å². The number of alkyl carbamates (subject to hydrolysis) is 1. The SMILES string of the molecule is CSc1nc(NCc2nc3ccc(CCNC(=O)OC(C)(C)C)cc3n2COCC[SiH](C)C)n2ncc(Br)c2n1. The first-order valence-electron chi connectivity index (χ1n) is 13.3. The molecule has 0 aliphatic rings. The second-order valence-corrected chi connectivity index (χ2v) is 15.8. The zero-order valence-electron chi connectivity index (χ0n) is 23.8. The molecule has 14 heteroatoms. The lowest BCUT2D eigenvalue weighted by Crippen LogP contribution is -2.33. The van der Waals surface area contributed by atoms with Gasteiger partial charge in [0, 0.05) is 21.9 Å². The molecule has 11 nitrogen and oxygen atoms in total. The van der Waals surface area contributed by atoms with Gasteiger partial charge in [-0.3, -0.25) is 0 Å². The van der Waals surface area contributed by atoms with Crippen LogP contribution < -0.4 is 10.6 Å². The fraction of sp³-hybridized carbons (Fsp3) is 0.500. The minimum Gasteiger partial charge on any atom is -0.444 e. The second-order valence-electron chi connectivity index (χ2n) is 10.8. The zero-order chi connectivity index (χ0) is 28.9. The van der Waals surface area contributed by atoms with Crippen molar-refractivity contribution in [2.45, 2.75) is 70.4 Å². The lowest BCUT2D eigenvalue weighted by atomic mass is 10.1. The van der Waals surface area contributed by atoms with Gasteiger partial charge in [0.1, 0.15) is 18.2 Å². The van der Waals surface area contributed by atoms with Gasteiger partial charge in [-0.2, -0.15) is 14.6 Å². The first-order chi connectivity index (χ1) is 19.0. The molecule has 0 atom stereocenters. The number of carbonyl (C=O) groups excluding carboxylic acids is 1. The molecule has 1 amide bonds. The summed E-state index contributed by atoms with van der Waals surface area (Å²) in [6.07, 6.45) is 3.90. The van der Waals surface area contributed by atoms with Gasteiger partial charge >= 0.3 is 6.09 Å². The van der Waals surface area contributed by atoms with Gasteiger partial charge in [-0.15, -0.1) is 0 Å². The second kappa shape index (κ2) is 13.3. The highest BCUT2D eigenvalue weighted by Gasteiger charge is 2.17. The number of benzene rings is 1. The summed E-state index contributed by atoms with van der Waals surface area (Å²) in [6.45, 7) is 12.2. The third kappa shape index (κ3) is 7.95. The van der Waals surface area contributed by atoms with Crippen LogP contribution in [0.3, 0.4) is 0 Å².